The maximum Gasteiger partial charge on any atom is 0.419 e. The van der Waals surface area contributed by atoms with Crippen LogP contribution in [0.4, 0.5) is 0 Å². The molecule has 2 aromatic carbocycles. The number of hydrogen-bond acceptors (Lipinski definition) is 7. The van der Waals surface area contributed by atoms with Crippen molar-refractivity contribution >= 4 is 17.0 Å². The molecule has 172 valence electrons. The highest BCUT2D eigenvalue weighted by Crippen LogP contribution is 2.24. The van der Waals surface area contributed by atoms with Gasteiger partial charge in [-0.15, -0.1) is 0 Å². The fraction of sp³-hybridized carbons (Fsp3) is 0.375. The molecule has 3 atom stereocenters. The number of benzene rings is 2. The fourth-order valence-electron chi connectivity index (χ4n) is 3.81. The van der Waals surface area contributed by atoms with E-state index in [9.17, 15) is 14.9 Å². The number of rotatable bonds is 6. The van der Waals surface area contributed by atoms with Gasteiger partial charge in [0.2, 0.25) is 0 Å². The molecule has 0 aliphatic carbocycles. The van der Waals surface area contributed by atoms with Crippen LogP contribution in [0.2, 0.25) is 0 Å². The van der Waals surface area contributed by atoms with E-state index in [0.29, 0.717) is 31.7 Å². The molecule has 0 saturated carbocycles. The summed E-state index contributed by atoms with van der Waals surface area (Å²) in [5.41, 5.74) is 4.10. The van der Waals surface area contributed by atoms with Crippen molar-refractivity contribution < 1.29 is 18.7 Å². The van der Waals surface area contributed by atoms with Gasteiger partial charge in [0.05, 0.1) is 24.3 Å². The molecule has 1 aliphatic heterocycles. The highest BCUT2D eigenvalue weighted by Gasteiger charge is 2.26. The molecule has 2 heterocycles. The van der Waals surface area contributed by atoms with Crippen LogP contribution in [0.5, 0.6) is 0 Å². The number of carbonyl (C=O) groups is 1. The number of methoxy groups -OCH3 is 1. The Bertz CT molecular complexity index is 1220. The van der Waals surface area contributed by atoms with E-state index < -0.39 is 17.9 Å². The minimum Gasteiger partial charge on any atom is -0.408 e. The first kappa shape index (κ1) is 22.7. The Labute approximate surface area is 190 Å². The van der Waals surface area contributed by atoms with Gasteiger partial charge in [-0.1, -0.05) is 30.3 Å². The highest BCUT2D eigenvalue weighted by molar-refractivity contribution is 5.82. The maximum atomic E-state index is 12.6. The lowest BCUT2D eigenvalue weighted by Gasteiger charge is -2.18. The van der Waals surface area contributed by atoms with Crippen LogP contribution in [-0.2, 0) is 27.7 Å². The molecule has 9 nitrogen and oxygen atoms in total. The summed E-state index contributed by atoms with van der Waals surface area (Å²) >= 11 is 0. The Kier molecular flexibility index (Phi) is 6.89. The van der Waals surface area contributed by atoms with E-state index in [1.54, 1.807) is 20.2 Å². The minimum absolute atomic E-state index is 0.104. The van der Waals surface area contributed by atoms with Gasteiger partial charge < -0.3 is 24.5 Å². The second-order valence-corrected chi connectivity index (χ2v) is 8.04. The lowest BCUT2D eigenvalue weighted by Crippen LogP contribution is -2.46. The molecule has 3 aromatic rings. The smallest absolute Gasteiger partial charge is 0.408 e. The zero-order chi connectivity index (χ0) is 23.4. The first-order chi connectivity index (χ1) is 16.0. The van der Waals surface area contributed by atoms with Crippen LogP contribution in [0.1, 0.15) is 5.56 Å². The summed E-state index contributed by atoms with van der Waals surface area (Å²) in [4.78, 5) is 24.3. The van der Waals surface area contributed by atoms with Crippen molar-refractivity contribution in [3.8, 4) is 17.2 Å². The van der Waals surface area contributed by atoms with E-state index in [2.05, 4.69) is 16.7 Å². The van der Waals surface area contributed by atoms with Crippen LogP contribution in [0, 0.1) is 11.3 Å². The largest absolute Gasteiger partial charge is 0.419 e. The molecule has 9 heteroatoms. The maximum absolute atomic E-state index is 12.6. The third-order valence-electron chi connectivity index (χ3n) is 5.80. The van der Waals surface area contributed by atoms with Crippen molar-refractivity contribution in [3.63, 3.8) is 0 Å². The SMILES string of the molecule is CO[C@@H]1CNC[C@@H](C(=O)N[C@H](C#N)Cc2ccc(-c3ccc4oc(=O)n(C)c4c3)cc2)OC1. The molecule has 0 bridgehead atoms. The van der Waals surface area contributed by atoms with Gasteiger partial charge in [0.1, 0.15) is 12.1 Å². The van der Waals surface area contributed by atoms with Gasteiger partial charge in [-0.25, -0.2) is 4.79 Å². The molecule has 33 heavy (non-hydrogen) atoms. The van der Waals surface area contributed by atoms with Crippen LogP contribution >= 0.6 is 0 Å². The molecule has 1 aliphatic rings. The number of fused-ring (bicyclic) bond motifs is 1. The molecule has 0 radical (unpaired) electrons. The summed E-state index contributed by atoms with van der Waals surface area (Å²) in [5.74, 6) is -0.716. The summed E-state index contributed by atoms with van der Waals surface area (Å²) < 4.78 is 17.5. The van der Waals surface area contributed by atoms with E-state index in [0.717, 1.165) is 22.2 Å². The highest BCUT2D eigenvalue weighted by atomic mass is 16.5. The van der Waals surface area contributed by atoms with Crippen molar-refractivity contribution in [2.24, 2.45) is 7.05 Å². The van der Waals surface area contributed by atoms with E-state index >= 15 is 0 Å². The predicted molar refractivity (Wildman–Crippen MR) is 122 cm³/mol. The zero-order valence-corrected chi connectivity index (χ0v) is 18.5. The average molecular weight is 450 g/mol. The average Bonchev–Trinajstić information content (AvgIpc) is 2.99. The van der Waals surface area contributed by atoms with Crippen LogP contribution in [0.15, 0.2) is 51.7 Å². The van der Waals surface area contributed by atoms with Crippen LogP contribution in [0.25, 0.3) is 22.2 Å². The first-order valence-corrected chi connectivity index (χ1v) is 10.7. The second kappa shape index (κ2) is 10.0. The molecule has 0 unspecified atom stereocenters. The van der Waals surface area contributed by atoms with Crippen LogP contribution < -0.4 is 16.4 Å². The van der Waals surface area contributed by atoms with Crippen molar-refractivity contribution in [3.05, 3.63) is 58.6 Å². The molecular formula is C24H26N4O5. The molecule has 4 rings (SSSR count). The minimum atomic E-state index is -0.676. The van der Waals surface area contributed by atoms with Gasteiger partial charge in [0.15, 0.2) is 5.58 Å². The first-order valence-electron chi connectivity index (χ1n) is 10.7. The molecule has 0 spiro atoms. The van der Waals surface area contributed by atoms with E-state index in [1.165, 1.54) is 4.57 Å². The summed E-state index contributed by atoms with van der Waals surface area (Å²) in [6, 6.07) is 14.8. The van der Waals surface area contributed by atoms with Crippen molar-refractivity contribution in [1.29, 1.82) is 5.26 Å². The lowest BCUT2D eigenvalue weighted by molar-refractivity contribution is -0.133. The number of hydrogen-bond donors (Lipinski definition) is 2. The summed E-state index contributed by atoms with van der Waals surface area (Å²) in [6.07, 6.45) is -0.400. The molecule has 1 amide bonds. The Morgan fingerprint density at radius 2 is 2.03 bits per heavy atom. The van der Waals surface area contributed by atoms with Gasteiger partial charge in [0, 0.05) is 33.7 Å². The number of nitrogens with zero attached hydrogens (tertiary/aromatic N) is 2. The van der Waals surface area contributed by atoms with E-state index in [-0.39, 0.29) is 12.0 Å². The fourth-order valence-corrected chi connectivity index (χ4v) is 3.81. The Balaban J connectivity index is 1.40. The van der Waals surface area contributed by atoms with E-state index in [4.69, 9.17) is 13.9 Å². The topological polar surface area (TPSA) is 119 Å². The lowest BCUT2D eigenvalue weighted by atomic mass is 10.0. The number of aromatic nitrogens is 1. The number of aryl methyl sites for hydroxylation is 1. The van der Waals surface area contributed by atoms with Gasteiger partial charge >= 0.3 is 5.76 Å². The third kappa shape index (κ3) is 5.14. The molecule has 1 saturated heterocycles. The number of carbonyl (C=O) groups excluding carboxylic acids is 1. The van der Waals surface area contributed by atoms with Crippen molar-refractivity contribution in [2.75, 3.05) is 26.8 Å². The number of ether oxygens (including phenoxy) is 2. The Hall–Kier alpha value is -3.45. The summed E-state index contributed by atoms with van der Waals surface area (Å²) in [5, 5.41) is 15.5. The summed E-state index contributed by atoms with van der Waals surface area (Å²) in [7, 11) is 3.27. The van der Waals surface area contributed by atoms with Crippen molar-refractivity contribution in [2.45, 2.75) is 24.7 Å². The number of nitriles is 1. The monoisotopic (exact) mass is 450 g/mol. The Morgan fingerprint density at radius 1 is 1.27 bits per heavy atom. The molecule has 1 fully saturated rings. The second-order valence-electron chi connectivity index (χ2n) is 8.04. The van der Waals surface area contributed by atoms with Gasteiger partial charge in [-0.05, 0) is 28.8 Å². The van der Waals surface area contributed by atoms with Gasteiger partial charge in [-0.3, -0.25) is 9.36 Å². The summed E-state index contributed by atoms with van der Waals surface area (Å²) in [6.45, 7) is 1.29. The third-order valence-corrected chi connectivity index (χ3v) is 5.80. The van der Waals surface area contributed by atoms with Crippen LogP contribution in [0.3, 0.4) is 0 Å². The van der Waals surface area contributed by atoms with Gasteiger partial charge in [-0.2, -0.15) is 5.26 Å². The molecule has 1 aromatic heterocycles. The number of amides is 1. The van der Waals surface area contributed by atoms with Crippen molar-refractivity contribution in [1.82, 2.24) is 15.2 Å². The van der Waals surface area contributed by atoms with E-state index in [1.807, 2.05) is 36.4 Å². The quantitative estimate of drug-likeness (QED) is 0.582. The molecule has 2 N–H and O–H groups in total. The van der Waals surface area contributed by atoms with Crippen LogP contribution in [-0.4, -0.2) is 55.5 Å². The molecular weight excluding hydrogens is 424 g/mol. The zero-order valence-electron chi connectivity index (χ0n) is 18.5. The standard InChI is InChI=1S/C24H26N4O5/c1-28-20-10-17(7-8-21(20)33-24(28)30)16-5-3-15(4-6-16)9-18(11-25)27-23(29)22-13-26-12-19(31-2)14-32-22/h3-8,10,18-19,22,26H,9,12-14H2,1-2H3,(H,27,29)/t18-,19+,22-/m0/s1. The van der Waals surface area contributed by atoms with Gasteiger partial charge in [0.25, 0.3) is 5.91 Å². The normalized spacial score (nSPS) is 19.5. The number of oxazole rings is 1. The Morgan fingerprint density at radius 3 is 2.76 bits per heavy atom. The number of nitrogens with one attached hydrogen (secondary N) is 2. The predicted octanol–water partition coefficient (Wildman–Crippen LogP) is 1.35.